The molecule has 1 heterocycles. The maximum Gasteiger partial charge on any atom is 0.355 e. The van der Waals surface area contributed by atoms with Gasteiger partial charge in [-0.05, 0) is 36.4 Å². The number of carbonyl (C=O) groups excluding carboxylic acids is 2. The predicted molar refractivity (Wildman–Crippen MR) is 97.6 cm³/mol. The van der Waals surface area contributed by atoms with E-state index in [9.17, 15) is 14.4 Å². The first kappa shape index (κ1) is 16.9. The van der Waals surface area contributed by atoms with Crippen molar-refractivity contribution in [3.63, 3.8) is 0 Å². The van der Waals surface area contributed by atoms with Crippen molar-refractivity contribution in [2.45, 2.75) is 0 Å². The molecule has 1 amide bonds. The average molecular weight is 401 g/mol. The van der Waals surface area contributed by atoms with Crippen molar-refractivity contribution in [1.29, 1.82) is 0 Å². The van der Waals surface area contributed by atoms with Crippen LogP contribution < -0.4 is 10.7 Å². The van der Waals surface area contributed by atoms with Crippen LogP contribution in [0.4, 0.5) is 5.69 Å². The third kappa shape index (κ3) is 4.13. The van der Waals surface area contributed by atoms with E-state index < -0.39 is 18.5 Å². The molecule has 3 aromatic rings. The second-order valence-corrected chi connectivity index (χ2v) is 6.14. The Morgan fingerprint density at radius 1 is 1.08 bits per heavy atom. The van der Waals surface area contributed by atoms with E-state index in [1.54, 1.807) is 48.5 Å². The third-order valence-corrected chi connectivity index (χ3v) is 3.95. The summed E-state index contributed by atoms with van der Waals surface area (Å²) < 4.78 is 5.85. The largest absolute Gasteiger partial charge is 0.451 e. The van der Waals surface area contributed by atoms with Crippen molar-refractivity contribution >= 4 is 44.4 Å². The molecular formula is C18H13BrN2O4. The SMILES string of the molecule is O=C(COC(=O)c1cc(=O)c2ccccc2[nH]1)Nc1ccc(Br)cc1. The van der Waals surface area contributed by atoms with Crippen LogP contribution >= 0.6 is 15.9 Å². The third-order valence-electron chi connectivity index (χ3n) is 3.42. The summed E-state index contributed by atoms with van der Waals surface area (Å²) in [4.78, 5) is 38.7. The normalized spacial score (nSPS) is 10.4. The van der Waals surface area contributed by atoms with Crippen molar-refractivity contribution in [2.24, 2.45) is 0 Å². The molecule has 0 aliphatic heterocycles. The molecule has 0 fully saturated rings. The average Bonchev–Trinajstić information content (AvgIpc) is 2.61. The monoisotopic (exact) mass is 400 g/mol. The number of benzene rings is 2. The van der Waals surface area contributed by atoms with Gasteiger partial charge in [0.1, 0.15) is 5.69 Å². The van der Waals surface area contributed by atoms with Crippen LogP contribution in [0.25, 0.3) is 10.9 Å². The van der Waals surface area contributed by atoms with Crippen LogP contribution in [0.15, 0.2) is 63.9 Å². The lowest BCUT2D eigenvalue weighted by Crippen LogP contribution is -2.22. The molecule has 2 N–H and O–H groups in total. The second kappa shape index (κ2) is 7.31. The number of hydrogen-bond acceptors (Lipinski definition) is 4. The summed E-state index contributed by atoms with van der Waals surface area (Å²) in [7, 11) is 0. The first-order valence-corrected chi connectivity index (χ1v) is 8.17. The van der Waals surface area contributed by atoms with Gasteiger partial charge in [0, 0.05) is 27.1 Å². The molecule has 0 saturated carbocycles. The van der Waals surface area contributed by atoms with Gasteiger partial charge in [-0.25, -0.2) is 4.79 Å². The van der Waals surface area contributed by atoms with E-state index in [0.717, 1.165) is 10.5 Å². The van der Waals surface area contributed by atoms with Gasteiger partial charge < -0.3 is 15.0 Å². The fraction of sp³-hybridized carbons (Fsp3) is 0.0556. The molecule has 6 nitrogen and oxygen atoms in total. The van der Waals surface area contributed by atoms with Crippen molar-refractivity contribution in [3.05, 3.63) is 75.0 Å². The van der Waals surface area contributed by atoms with Gasteiger partial charge in [-0.1, -0.05) is 28.1 Å². The number of rotatable bonds is 4. The van der Waals surface area contributed by atoms with Crippen LogP contribution in [0, 0.1) is 0 Å². The standard InChI is InChI=1S/C18H13BrN2O4/c19-11-5-7-12(8-6-11)20-17(23)10-25-18(24)15-9-16(22)13-3-1-2-4-14(13)21-15/h1-9H,10H2,(H,20,23)(H,21,22). The highest BCUT2D eigenvalue weighted by Gasteiger charge is 2.13. The molecule has 0 saturated heterocycles. The number of pyridine rings is 1. The Labute approximate surface area is 151 Å². The van der Waals surface area contributed by atoms with Crippen LogP contribution in [0.1, 0.15) is 10.5 Å². The van der Waals surface area contributed by atoms with E-state index in [1.165, 1.54) is 0 Å². The molecule has 0 aliphatic rings. The highest BCUT2D eigenvalue weighted by atomic mass is 79.9. The smallest absolute Gasteiger partial charge is 0.355 e. The number of halogens is 1. The van der Waals surface area contributed by atoms with Crippen molar-refractivity contribution in [1.82, 2.24) is 4.98 Å². The Bertz CT molecular complexity index is 996. The zero-order chi connectivity index (χ0) is 17.8. The number of esters is 1. The van der Waals surface area contributed by atoms with E-state index in [-0.39, 0.29) is 11.1 Å². The molecule has 0 unspecified atom stereocenters. The topological polar surface area (TPSA) is 88.3 Å². The summed E-state index contributed by atoms with van der Waals surface area (Å²) in [6, 6.07) is 15.0. The van der Waals surface area contributed by atoms with Gasteiger partial charge in [-0.3, -0.25) is 9.59 Å². The second-order valence-electron chi connectivity index (χ2n) is 5.22. The Kier molecular flexibility index (Phi) is 4.95. The highest BCUT2D eigenvalue weighted by molar-refractivity contribution is 9.10. The number of fused-ring (bicyclic) bond motifs is 1. The number of hydrogen-bond donors (Lipinski definition) is 2. The van der Waals surface area contributed by atoms with E-state index in [4.69, 9.17) is 4.74 Å². The van der Waals surface area contributed by atoms with Crippen LogP contribution in [0.2, 0.25) is 0 Å². The minimum absolute atomic E-state index is 0.000131. The van der Waals surface area contributed by atoms with Crippen molar-refractivity contribution < 1.29 is 14.3 Å². The lowest BCUT2D eigenvalue weighted by atomic mass is 10.2. The van der Waals surface area contributed by atoms with Gasteiger partial charge >= 0.3 is 5.97 Å². The van der Waals surface area contributed by atoms with E-state index in [0.29, 0.717) is 16.6 Å². The van der Waals surface area contributed by atoms with Crippen molar-refractivity contribution in [3.8, 4) is 0 Å². The summed E-state index contributed by atoms with van der Waals surface area (Å²) in [5.41, 5.74) is 0.824. The zero-order valence-corrected chi connectivity index (χ0v) is 14.5. The molecule has 7 heteroatoms. The molecule has 126 valence electrons. The number of nitrogens with one attached hydrogen (secondary N) is 2. The Hall–Kier alpha value is -2.93. The van der Waals surface area contributed by atoms with Gasteiger partial charge in [0.25, 0.3) is 5.91 Å². The lowest BCUT2D eigenvalue weighted by molar-refractivity contribution is -0.119. The summed E-state index contributed by atoms with van der Waals surface area (Å²) in [5.74, 6) is -1.24. The number of amides is 1. The fourth-order valence-electron chi connectivity index (χ4n) is 2.25. The molecular weight excluding hydrogens is 388 g/mol. The molecule has 0 atom stereocenters. The quantitative estimate of drug-likeness (QED) is 0.658. The minimum atomic E-state index is -0.770. The minimum Gasteiger partial charge on any atom is -0.451 e. The Balaban J connectivity index is 1.65. The predicted octanol–water partition coefficient (Wildman–Crippen LogP) is 3.09. The van der Waals surface area contributed by atoms with E-state index in [1.807, 2.05) is 0 Å². The molecule has 3 rings (SSSR count). The summed E-state index contributed by atoms with van der Waals surface area (Å²) >= 11 is 3.30. The number of H-pyrrole nitrogens is 1. The van der Waals surface area contributed by atoms with Gasteiger partial charge in [-0.15, -0.1) is 0 Å². The van der Waals surface area contributed by atoms with Gasteiger partial charge in [0.15, 0.2) is 12.0 Å². The van der Waals surface area contributed by atoms with Crippen LogP contribution in [0.5, 0.6) is 0 Å². The first-order valence-electron chi connectivity index (χ1n) is 7.37. The van der Waals surface area contributed by atoms with Crippen LogP contribution in [0.3, 0.4) is 0 Å². The molecule has 2 aromatic carbocycles. The zero-order valence-electron chi connectivity index (χ0n) is 12.9. The van der Waals surface area contributed by atoms with Gasteiger partial charge in [-0.2, -0.15) is 0 Å². The summed E-state index contributed by atoms with van der Waals surface area (Å²) in [6.45, 7) is -0.455. The van der Waals surface area contributed by atoms with Gasteiger partial charge in [0.2, 0.25) is 0 Å². The first-order chi connectivity index (χ1) is 12.0. The summed E-state index contributed by atoms with van der Waals surface area (Å²) in [6.07, 6.45) is 0. The number of carbonyl (C=O) groups is 2. The number of aromatic amines is 1. The lowest BCUT2D eigenvalue weighted by Gasteiger charge is -2.07. The number of para-hydroxylation sites is 1. The van der Waals surface area contributed by atoms with E-state index >= 15 is 0 Å². The molecule has 1 aromatic heterocycles. The van der Waals surface area contributed by atoms with Crippen molar-refractivity contribution in [2.75, 3.05) is 11.9 Å². The number of aromatic nitrogens is 1. The Morgan fingerprint density at radius 2 is 1.80 bits per heavy atom. The molecule has 0 radical (unpaired) electrons. The van der Waals surface area contributed by atoms with Crippen LogP contribution in [-0.4, -0.2) is 23.5 Å². The fourth-order valence-corrected chi connectivity index (χ4v) is 2.51. The molecule has 0 spiro atoms. The highest BCUT2D eigenvalue weighted by Crippen LogP contribution is 2.14. The Morgan fingerprint density at radius 3 is 2.56 bits per heavy atom. The van der Waals surface area contributed by atoms with Gasteiger partial charge in [0.05, 0.1) is 0 Å². The molecule has 25 heavy (non-hydrogen) atoms. The van der Waals surface area contributed by atoms with E-state index in [2.05, 4.69) is 26.2 Å². The molecule has 0 aliphatic carbocycles. The molecule has 0 bridgehead atoms. The van der Waals surface area contributed by atoms with Crippen LogP contribution in [-0.2, 0) is 9.53 Å². The maximum absolute atomic E-state index is 12.1. The summed E-state index contributed by atoms with van der Waals surface area (Å²) in [5, 5.41) is 3.09. The number of anilines is 1. The maximum atomic E-state index is 12.1. The number of ether oxygens (including phenoxy) is 1.